The highest BCUT2D eigenvalue weighted by Crippen LogP contribution is 2.38. The number of nitrogens with two attached hydrogens (primary N) is 1. The average molecular weight is 515 g/mol. The van der Waals surface area contributed by atoms with E-state index in [2.05, 4.69) is 15.3 Å². The lowest BCUT2D eigenvalue weighted by Gasteiger charge is -2.35. The number of piperidine rings is 2. The van der Waals surface area contributed by atoms with Crippen LogP contribution in [0.5, 0.6) is 0 Å². The molecular weight excluding hydrogens is 486 g/mol. The lowest BCUT2D eigenvalue weighted by molar-refractivity contribution is -0.136. The van der Waals surface area contributed by atoms with E-state index in [-0.39, 0.29) is 30.1 Å². The van der Waals surface area contributed by atoms with Gasteiger partial charge in [0.25, 0.3) is 18.2 Å². The highest BCUT2D eigenvalue weighted by atomic mass is 19.3. The Hall–Kier alpha value is -3.83. The fourth-order valence-electron chi connectivity index (χ4n) is 5.56. The van der Waals surface area contributed by atoms with Crippen LogP contribution in [0.4, 0.5) is 20.2 Å². The Morgan fingerprint density at radius 1 is 1.11 bits per heavy atom. The monoisotopic (exact) mass is 514 g/mol. The summed E-state index contributed by atoms with van der Waals surface area (Å²) < 4.78 is 27.7. The summed E-state index contributed by atoms with van der Waals surface area (Å²) in [6, 6.07) is 2.37. The predicted octanol–water partition coefficient (Wildman–Crippen LogP) is 2.60. The first-order valence-electron chi connectivity index (χ1n) is 12.5. The number of hydrogen-bond donors (Lipinski definition) is 2. The SMILES string of the molecule is CCCc1c(N2CCC(n3cc(N)c(C(F)F)n3)CC2)ccc2c1C(=O)N(C1CCC(=O)NC1=O)C2=O. The van der Waals surface area contributed by atoms with Gasteiger partial charge in [0.05, 0.1) is 22.9 Å². The maximum Gasteiger partial charge on any atom is 0.284 e. The van der Waals surface area contributed by atoms with Gasteiger partial charge in [0.1, 0.15) is 6.04 Å². The molecule has 1 atom stereocenters. The third kappa shape index (κ3) is 4.23. The van der Waals surface area contributed by atoms with Crippen molar-refractivity contribution in [1.29, 1.82) is 0 Å². The lowest BCUT2D eigenvalue weighted by atomic mass is 9.95. The van der Waals surface area contributed by atoms with Crippen molar-refractivity contribution in [1.82, 2.24) is 20.0 Å². The van der Waals surface area contributed by atoms with E-state index in [0.29, 0.717) is 37.9 Å². The number of anilines is 2. The molecule has 1 aromatic heterocycles. The fraction of sp³-hybridized carbons (Fsp3) is 0.480. The molecule has 0 aliphatic carbocycles. The van der Waals surface area contributed by atoms with E-state index in [1.807, 2.05) is 13.0 Å². The Morgan fingerprint density at radius 2 is 1.84 bits per heavy atom. The van der Waals surface area contributed by atoms with Gasteiger partial charge in [0.2, 0.25) is 11.8 Å². The molecule has 2 saturated heterocycles. The topological polar surface area (TPSA) is 131 Å². The van der Waals surface area contributed by atoms with Crippen molar-refractivity contribution in [2.45, 2.75) is 64.0 Å². The van der Waals surface area contributed by atoms with Gasteiger partial charge in [-0.15, -0.1) is 0 Å². The second-order valence-electron chi connectivity index (χ2n) is 9.65. The minimum Gasteiger partial charge on any atom is -0.396 e. The molecule has 3 N–H and O–H groups in total. The molecule has 37 heavy (non-hydrogen) atoms. The smallest absolute Gasteiger partial charge is 0.284 e. The molecule has 0 spiro atoms. The van der Waals surface area contributed by atoms with E-state index < -0.39 is 41.8 Å². The molecule has 0 bridgehead atoms. The van der Waals surface area contributed by atoms with Gasteiger partial charge >= 0.3 is 0 Å². The maximum atomic E-state index is 13.5. The van der Waals surface area contributed by atoms with Crippen molar-refractivity contribution in [2.24, 2.45) is 0 Å². The van der Waals surface area contributed by atoms with Crippen molar-refractivity contribution in [3.63, 3.8) is 0 Å². The molecule has 1 unspecified atom stereocenters. The molecule has 2 fully saturated rings. The zero-order valence-corrected chi connectivity index (χ0v) is 20.4. The molecule has 1 aromatic carbocycles. The summed E-state index contributed by atoms with van der Waals surface area (Å²) in [4.78, 5) is 53.8. The van der Waals surface area contributed by atoms with Crippen LogP contribution in [0.2, 0.25) is 0 Å². The molecule has 0 radical (unpaired) electrons. The van der Waals surface area contributed by atoms with Gasteiger partial charge in [-0.05, 0) is 43.4 Å². The highest BCUT2D eigenvalue weighted by Gasteiger charge is 2.46. The number of carbonyl (C=O) groups excluding carboxylic acids is 4. The number of nitrogens with one attached hydrogen (secondary N) is 1. The molecule has 3 aliphatic rings. The number of alkyl halides is 2. The van der Waals surface area contributed by atoms with Crippen molar-refractivity contribution >= 4 is 35.0 Å². The lowest BCUT2D eigenvalue weighted by Crippen LogP contribution is -2.54. The van der Waals surface area contributed by atoms with E-state index in [0.717, 1.165) is 22.6 Å². The summed E-state index contributed by atoms with van der Waals surface area (Å²) in [5.41, 5.74) is 7.46. The number of halogens is 2. The zero-order chi connectivity index (χ0) is 26.4. The first-order chi connectivity index (χ1) is 17.7. The molecular formula is C25H28F2N6O4. The van der Waals surface area contributed by atoms with Gasteiger partial charge in [-0.3, -0.25) is 34.1 Å². The number of fused-ring (bicyclic) bond motifs is 1. The second kappa shape index (κ2) is 9.56. The van der Waals surface area contributed by atoms with Crippen LogP contribution >= 0.6 is 0 Å². The van der Waals surface area contributed by atoms with Crippen LogP contribution in [-0.2, 0) is 16.0 Å². The molecule has 12 heteroatoms. The van der Waals surface area contributed by atoms with Gasteiger partial charge in [-0.25, -0.2) is 8.78 Å². The van der Waals surface area contributed by atoms with E-state index in [1.54, 1.807) is 6.07 Å². The van der Waals surface area contributed by atoms with Gasteiger partial charge < -0.3 is 10.6 Å². The first kappa shape index (κ1) is 24.8. The van der Waals surface area contributed by atoms with Gasteiger partial charge in [-0.2, -0.15) is 5.10 Å². The number of nitrogens with zero attached hydrogens (tertiary/aromatic N) is 4. The molecule has 5 rings (SSSR count). The average Bonchev–Trinajstić information content (AvgIpc) is 3.38. The summed E-state index contributed by atoms with van der Waals surface area (Å²) in [7, 11) is 0. The summed E-state index contributed by atoms with van der Waals surface area (Å²) >= 11 is 0. The third-order valence-corrected chi connectivity index (χ3v) is 7.37. The first-order valence-corrected chi connectivity index (χ1v) is 12.5. The van der Waals surface area contributed by atoms with Gasteiger partial charge in [0, 0.05) is 31.4 Å². The Labute approximate surface area is 211 Å². The Kier molecular flexibility index (Phi) is 6.42. The van der Waals surface area contributed by atoms with Crippen molar-refractivity contribution in [2.75, 3.05) is 23.7 Å². The fourth-order valence-corrected chi connectivity index (χ4v) is 5.56. The Balaban J connectivity index is 1.39. The summed E-state index contributed by atoms with van der Waals surface area (Å²) in [6.07, 6.45) is 1.47. The van der Waals surface area contributed by atoms with E-state index in [4.69, 9.17) is 5.73 Å². The predicted molar refractivity (Wildman–Crippen MR) is 129 cm³/mol. The zero-order valence-electron chi connectivity index (χ0n) is 20.4. The number of imide groups is 2. The normalized spacial score (nSPS) is 20.7. The molecule has 0 saturated carbocycles. The molecule has 4 heterocycles. The number of nitrogen functional groups attached to an aromatic ring is 1. The number of carbonyl (C=O) groups is 4. The van der Waals surface area contributed by atoms with Crippen LogP contribution in [-0.4, -0.2) is 57.4 Å². The minimum atomic E-state index is -2.73. The van der Waals surface area contributed by atoms with Crippen LogP contribution in [0.1, 0.15) is 83.5 Å². The summed E-state index contributed by atoms with van der Waals surface area (Å²) in [5.74, 6) is -2.10. The summed E-state index contributed by atoms with van der Waals surface area (Å²) in [6.45, 7) is 3.18. The van der Waals surface area contributed by atoms with E-state index in [9.17, 15) is 28.0 Å². The quantitative estimate of drug-likeness (QED) is 0.567. The number of aromatic nitrogens is 2. The number of benzene rings is 1. The number of hydrogen-bond acceptors (Lipinski definition) is 7. The van der Waals surface area contributed by atoms with Crippen molar-refractivity contribution in [3.05, 3.63) is 40.7 Å². The second-order valence-corrected chi connectivity index (χ2v) is 9.65. The molecule has 196 valence electrons. The molecule has 10 nitrogen and oxygen atoms in total. The van der Waals surface area contributed by atoms with Crippen LogP contribution in [0, 0.1) is 0 Å². The molecule has 2 aromatic rings. The number of amides is 4. The minimum absolute atomic E-state index is 0.0231. The maximum absolute atomic E-state index is 13.5. The van der Waals surface area contributed by atoms with Gasteiger partial charge in [-0.1, -0.05) is 13.3 Å². The third-order valence-electron chi connectivity index (χ3n) is 7.37. The van der Waals surface area contributed by atoms with Gasteiger partial charge in [0.15, 0.2) is 5.69 Å². The standard InChI is InChI=1S/C25H28F2N6O4/c1-2-3-14-17(31-10-8-13(9-11-31)32-12-16(28)21(30-32)22(26)27)5-4-15-20(14)25(37)33(24(15)36)18-6-7-19(34)29-23(18)35/h4-5,12-13,18,22H,2-3,6-11,28H2,1H3,(H,29,34,35). The molecule has 4 amide bonds. The molecule has 3 aliphatic heterocycles. The van der Waals surface area contributed by atoms with Crippen LogP contribution in [0.3, 0.4) is 0 Å². The van der Waals surface area contributed by atoms with E-state index >= 15 is 0 Å². The Morgan fingerprint density at radius 3 is 2.46 bits per heavy atom. The van der Waals surface area contributed by atoms with Crippen LogP contribution in [0.25, 0.3) is 0 Å². The summed E-state index contributed by atoms with van der Waals surface area (Å²) in [5, 5.41) is 6.21. The van der Waals surface area contributed by atoms with E-state index in [1.165, 1.54) is 10.9 Å². The number of rotatable bonds is 6. The highest BCUT2D eigenvalue weighted by molar-refractivity contribution is 6.24. The van der Waals surface area contributed by atoms with Crippen molar-refractivity contribution < 1.29 is 28.0 Å². The Bertz CT molecular complexity index is 1280. The van der Waals surface area contributed by atoms with Crippen LogP contribution in [0.15, 0.2) is 18.3 Å². The van der Waals surface area contributed by atoms with Crippen molar-refractivity contribution in [3.8, 4) is 0 Å². The largest absolute Gasteiger partial charge is 0.396 e. The van der Waals surface area contributed by atoms with Crippen LogP contribution < -0.4 is 16.0 Å².